The number of benzene rings is 3. The Hall–Kier alpha value is -6.68. The van der Waals surface area contributed by atoms with Crippen LogP contribution in [0.2, 0.25) is 0 Å². The molecule has 13 rings (SSSR count). The van der Waals surface area contributed by atoms with Crippen LogP contribution in [0.15, 0.2) is 72.8 Å². The van der Waals surface area contributed by atoms with Crippen molar-refractivity contribution in [3.63, 3.8) is 0 Å². The van der Waals surface area contributed by atoms with Gasteiger partial charge in [0.05, 0.1) is 24.3 Å². The number of rotatable bonds is 12. The minimum Gasteiger partial charge on any atom is -0.482 e. The van der Waals surface area contributed by atoms with Gasteiger partial charge in [-0.3, -0.25) is 14.4 Å². The molecule has 20 heteroatoms. The highest BCUT2D eigenvalue weighted by Crippen LogP contribution is 2.65. The van der Waals surface area contributed by atoms with E-state index in [1.165, 1.54) is 52.1 Å². The van der Waals surface area contributed by atoms with Crippen LogP contribution in [-0.4, -0.2) is 160 Å². The Bertz CT molecular complexity index is 3270. The summed E-state index contributed by atoms with van der Waals surface area (Å²) in [4.78, 5) is 83.4. The number of carbonyl (C=O) groups is 6. The summed E-state index contributed by atoms with van der Waals surface area (Å²) in [5.41, 5.74) is 3.46. The lowest BCUT2D eigenvalue weighted by atomic mass is 9.53. The average Bonchev–Trinajstić information content (AvgIpc) is 1.57. The molecule has 2 spiro atoms. The molecule has 4 aliphatic carbocycles. The van der Waals surface area contributed by atoms with Crippen molar-refractivity contribution in [1.82, 2.24) is 9.80 Å². The van der Waals surface area contributed by atoms with Gasteiger partial charge in [-0.1, -0.05) is 57.2 Å². The summed E-state index contributed by atoms with van der Waals surface area (Å²) in [6.45, 7) is 13.0. The molecule has 4 fully saturated rings. The minimum atomic E-state index is -1.21. The number of methoxy groups -OCH3 is 1. The number of piperidine rings is 2. The number of hydrogen-bond donors (Lipinski definition) is 0. The summed E-state index contributed by atoms with van der Waals surface area (Å²) < 4.78 is 75.3. The van der Waals surface area contributed by atoms with Crippen LogP contribution in [0, 0.1) is 29.6 Å². The van der Waals surface area contributed by atoms with Crippen LogP contribution in [0.4, 0.5) is 0 Å². The number of likely N-dealkylation sites (tertiary alicyclic amines) is 2. The van der Waals surface area contributed by atoms with Crippen LogP contribution >= 0.6 is 0 Å². The predicted octanol–water partition coefficient (Wildman–Crippen LogP) is 6.13. The molecule has 0 amide bonds. The molecule has 20 nitrogen and oxygen atoms in total. The lowest BCUT2D eigenvalue weighted by Crippen LogP contribution is -2.66. The van der Waals surface area contributed by atoms with Crippen LogP contribution < -0.4 is 18.9 Å². The van der Waals surface area contributed by atoms with Crippen molar-refractivity contribution in [3.05, 3.63) is 106 Å². The van der Waals surface area contributed by atoms with Gasteiger partial charge in [-0.25, -0.2) is 14.4 Å². The third kappa shape index (κ3) is 8.81. The van der Waals surface area contributed by atoms with E-state index in [2.05, 4.69) is 36.0 Å². The summed E-state index contributed by atoms with van der Waals surface area (Å²) in [6.07, 6.45) is 2.51. The van der Waals surface area contributed by atoms with E-state index < -0.39 is 114 Å². The van der Waals surface area contributed by atoms with E-state index in [-0.39, 0.29) is 64.3 Å². The van der Waals surface area contributed by atoms with Gasteiger partial charge in [-0.05, 0) is 107 Å². The summed E-state index contributed by atoms with van der Waals surface area (Å²) in [5.74, 6) is -3.06. The molecule has 6 heterocycles. The second kappa shape index (κ2) is 21.1. The molecular formula is C64H72N2O18. The van der Waals surface area contributed by atoms with E-state index in [4.69, 9.17) is 56.8 Å². The maximum Gasteiger partial charge on any atom is 0.343 e. The number of carbonyl (C=O) groups excluding carboxylic acids is 6. The summed E-state index contributed by atoms with van der Waals surface area (Å²) in [5, 5.41) is 0. The highest BCUT2D eigenvalue weighted by atomic mass is 16.7. The standard InChI is InChI=1S/C64H72N2O18/c1-29-30(2)61(84-54(60(72)73-10)50(29)75-33(5)67)80-46-21-17-40-42-27-38-15-19-44(52-48(38)63(40,56(46)82-52)23-25-65(42)8)78-58(70)36-11-13-37(14-12-36)59(71)79-45-20-16-39-28-43-41-18-22-47(57-64(41,24-26-66(43)9)49(39)53(45)83-57)81-62-55(77-35(7)69)51(76-34(6)68)31(3)32(4)74-62/h11-22,29-32,40-43,46-47,50-51,54-57,61-62H,23-28H2,1-10H3/t29-,30?,31+,32?,40?,41?,42+,43+,46?,47?,50+,51-,54?,55?,56-,57-,61-,62-,63-,64-/m0/s1. The molecular weight excluding hydrogens is 1080 g/mol. The molecule has 8 unspecified atom stereocenters. The Morgan fingerprint density at radius 3 is 1.49 bits per heavy atom. The fourth-order valence-corrected chi connectivity index (χ4v) is 16.1. The van der Waals surface area contributed by atoms with Crippen LogP contribution in [0.1, 0.15) is 104 Å². The molecule has 3 aromatic rings. The first-order chi connectivity index (χ1) is 40.2. The molecule has 4 bridgehead atoms. The monoisotopic (exact) mass is 1160 g/mol. The molecule has 6 aliphatic heterocycles. The quantitative estimate of drug-likeness (QED) is 0.0861. The summed E-state index contributed by atoms with van der Waals surface area (Å²) in [6, 6.07) is 14.0. The maximum atomic E-state index is 14.2. The lowest BCUT2D eigenvalue weighted by molar-refractivity contribution is -0.301. The molecule has 0 N–H and O–H groups in total. The number of esters is 6. The predicted molar refractivity (Wildman–Crippen MR) is 295 cm³/mol. The zero-order valence-electron chi connectivity index (χ0n) is 48.8. The third-order valence-corrected chi connectivity index (χ3v) is 20.5. The maximum absolute atomic E-state index is 14.2. The molecule has 10 aliphatic rings. The van der Waals surface area contributed by atoms with E-state index in [0.29, 0.717) is 11.5 Å². The second-order valence-electron chi connectivity index (χ2n) is 24.9. The zero-order valence-corrected chi connectivity index (χ0v) is 48.8. The van der Waals surface area contributed by atoms with Crippen molar-refractivity contribution in [2.24, 2.45) is 29.6 Å². The molecule has 20 atom stereocenters. The van der Waals surface area contributed by atoms with E-state index in [0.717, 1.165) is 61.0 Å². The van der Waals surface area contributed by atoms with Crippen LogP contribution in [-0.2, 0) is 80.7 Å². The number of nitrogens with zero attached hydrogens (tertiary/aromatic N) is 2. The van der Waals surface area contributed by atoms with Crippen LogP contribution in [0.3, 0.4) is 0 Å². The third-order valence-electron chi connectivity index (χ3n) is 20.5. The molecule has 3 aromatic carbocycles. The van der Waals surface area contributed by atoms with Gasteiger partial charge in [-0.2, -0.15) is 0 Å². The molecule has 84 heavy (non-hydrogen) atoms. The Kier molecular flexibility index (Phi) is 14.2. The van der Waals surface area contributed by atoms with Gasteiger partial charge in [0.15, 0.2) is 47.8 Å². The van der Waals surface area contributed by atoms with Gasteiger partial charge < -0.3 is 66.6 Å². The van der Waals surface area contributed by atoms with E-state index in [9.17, 15) is 28.8 Å². The van der Waals surface area contributed by atoms with E-state index in [1.807, 2.05) is 52.0 Å². The number of likely N-dealkylation sites (N-methyl/N-ethyl adjacent to an activating group) is 2. The molecule has 446 valence electrons. The summed E-state index contributed by atoms with van der Waals surface area (Å²) >= 11 is 0. The Balaban J connectivity index is 0.737. The topological polar surface area (TPSA) is 220 Å². The van der Waals surface area contributed by atoms with Gasteiger partial charge in [0, 0.05) is 84.4 Å². The van der Waals surface area contributed by atoms with Crippen molar-refractivity contribution in [3.8, 4) is 23.0 Å². The fourth-order valence-electron chi connectivity index (χ4n) is 16.1. The second-order valence-corrected chi connectivity index (χ2v) is 24.9. The lowest BCUT2D eigenvalue weighted by Gasteiger charge is -2.57. The Labute approximate surface area is 487 Å². The van der Waals surface area contributed by atoms with Crippen molar-refractivity contribution < 1.29 is 85.6 Å². The smallest absolute Gasteiger partial charge is 0.343 e. The van der Waals surface area contributed by atoms with Crippen molar-refractivity contribution in [2.45, 2.75) is 165 Å². The largest absolute Gasteiger partial charge is 0.482 e. The van der Waals surface area contributed by atoms with Gasteiger partial charge in [0.25, 0.3) is 0 Å². The minimum absolute atomic E-state index is 0.0359. The summed E-state index contributed by atoms with van der Waals surface area (Å²) in [7, 11) is 5.54. The zero-order chi connectivity index (χ0) is 59.0. The molecule has 0 radical (unpaired) electrons. The first kappa shape index (κ1) is 56.5. The van der Waals surface area contributed by atoms with Gasteiger partial charge in [-0.15, -0.1) is 0 Å². The number of hydrogen-bond acceptors (Lipinski definition) is 20. The van der Waals surface area contributed by atoms with Crippen LogP contribution in [0.25, 0.3) is 0 Å². The number of ether oxygens (including phenoxy) is 12. The van der Waals surface area contributed by atoms with Crippen molar-refractivity contribution in [1.29, 1.82) is 0 Å². The normalized spacial score (nSPS) is 38.0. The van der Waals surface area contributed by atoms with E-state index in [1.54, 1.807) is 12.1 Å². The average molecular weight is 1160 g/mol. The fraction of sp³-hybridized carbons (Fsp3) is 0.562. The highest BCUT2D eigenvalue weighted by molar-refractivity contribution is 5.95. The molecule has 0 saturated carbocycles. The van der Waals surface area contributed by atoms with Crippen molar-refractivity contribution in [2.75, 3.05) is 34.3 Å². The Morgan fingerprint density at radius 2 is 1.01 bits per heavy atom. The first-order valence-corrected chi connectivity index (χ1v) is 29.4. The molecule has 0 aromatic heterocycles. The van der Waals surface area contributed by atoms with Gasteiger partial charge in [0.1, 0.15) is 36.6 Å². The van der Waals surface area contributed by atoms with Crippen molar-refractivity contribution >= 4 is 35.8 Å². The highest BCUT2D eigenvalue weighted by Gasteiger charge is 2.67. The van der Waals surface area contributed by atoms with Gasteiger partial charge >= 0.3 is 35.8 Å². The Morgan fingerprint density at radius 1 is 0.548 bits per heavy atom. The van der Waals surface area contributed by atoms with E-state index >= 15 is 0 Å². The molecule has 4 saturated heterocycles. The first-order valence-electron chi connectivity index (χ1n) is 29.4. The van der Waals surface area contributed by atoms with Crippen LogP contribution in [0.5, 0.6) is 23.0 Å². The SMILES string of the molecule is COC(=O)C1O[C@H](OC2C=CC3[C@H]4Cc5ccc(OC(=O)c6ccc(C(=O)Oc7ccc8c9c7O[C@H]7C(O[C@@H]%10OC(C)[C@@H](C)[C@H](OC(C)=O)C%10OC(C)=O)C=CC%10[C@@H](C8)N(C)CC[C@@]9%107)cc6)c6c5[C@@]3(CCN4C)[C@H]2O6)C(C)[C@H](C)[C@H]1OC(C)=O. The van der Waals surface area contributed by atoms with Gasteiger partial charge in [0.2, 0.25) is 0 Å².